The van der Waals surface area contributed by atoms with Gasteiger partial charge in [0.2, 0.25) is 0 Å². The first-order valence-corrected chi connectivity index (χ1v) is 4.57. The predicted octanol–water partition coefficient (Wildman–Crippen LogP) is 0.866. The van der Waals surface area contributed by atoms with Crippen LogP contribution in [0.2, 0.25) is 0 Å². The first-order chi connectivity index (χ1) is 4.54. The molecule has 0 heterocycles. The largest absolute Gasteiger partial charge is 0.481 e. The summed E-state index contributed by atoms with van der Waals surface area (Å²) in [5, 5.41) is 7.42. The molecule has 0 radical (unpaired) electrons. The van der Waals surface area contributed by atoms with Gasteiger partial charge in [0.25, 0.3) is 5.97 Å². The fourth-order valence-corrected chi connectivity index (χ4v) is 0.612. The Labute approximate surface area is 63.9 Å². The minimum Gasteiger partial charge on any atom is -0.481 e. The Morgan fingerprint density at radius 1 is 1.40 bits per heavy atom. The van der Waals surface area contributed by atoms with Gasteiger partial charge in [-0.1, -0.05) is 13.8 Å². The van der Waals surface area contributed by atoms with Crippen molar-refractivity contribution in [3.05, 3.63) is 0 Å². The first kappa shape index (κ1) is 12.3. The number of hydrogen-bond acceptors (Lipinski definition) is 2. The molecule has 0 aromatic rings. The molecule has 0 bridgehead atoms. The van der Waals surface area contributed by atoms with Crippen LogP contribution in [0, 0.1) is 0 Å². The van der Waals surface area contributed by atoms with E-state index in [1.54, 1.807) is 0 Å². The number of aliphatic carboxylic acids is 1. The van der Waals surface area contributed by atoms with Crippen molar-refractivity contribution in [1.82, 2.24) is 0 Å². The zero-order valence-corrected chi connectivity index (χ0v) is 7.40. The van der Waals surface area contributed by atoms with Gasteiger partial charge in [0.1, 0.15) is 0 Å². The summed E-state index contributed by atoms with van der Waals surface area (Å²) in [7, 11) is -0.534. The van der Waals surface area contributed by atoms with Crippen LogP contribution in [0.15, 0.2) is 0 Å². The summed E-state index contributed by atoms with van der Waals surface area (Å²) < 4.78 is 10.3. The molecule has 0 saturated carbocycles. The third kappa shape index (κ3) is 25.5. The zero-order chi connectivity index (χ0) is 8.57. The van der Waals surface area contributed by atoms with Gasteiger partial charge < -0.3 is 5.11 Å². The molecule has 3 nitrogen and oxygen atoms in total. The lowest BCUT2D eigenvalue weighted by atomic mass is 10.9. The maximum absolute atomic E-state index is 10.3. The molecular formula is C6H14O3S. The fourth-order valence-electron chi connectivity index (χ4n) is 0.204. The van der Waals surface area contributed by atoms with Crippen LogP contribution < -0.4 is 0 Å². The molecule has 4 heteroatoms. The Kier molecular flexibility index (Phi) is 10.6. The zero-order valence-electron chi connectivity index (χ0n) is 6.59. The molecule has 62 valence electrons. The summed E-state index contributed by atoms with van der Waals surface area (Å²) in [6.45, 7) is 4.94. The van der Waals surface area contributed by atoms with Crippen LogP contribution in [0.1, 0.15) is 20.8 Å². The summed E-state index contributed by atoms with van der Waals surface area (Å²) in [5.41, 5.74) is 0. The third-order valence-corrected chi connectivity index (χ3v) is 1.93. The summed E-state index contributed by atoms with van der Waals surface area (Å²) in [4.78, 5) is 9.00. The maximum atomic E-state index is 10.3. The molecule has 0 aromatic heterocycles. The molecule has 1 N–H and O–H groups in total. The van der Waals surface area contributed by atoms with E-state index < -0.39 is 16.8 Å². The summed E-state index contributed by atoms with van der Waals surface area (Å²) in [6, 6.07) is 0. The number of carbonyl (C=O) groups is 1. The monoisotopic (exact) mass is 166 g/mol. The van der Waals surface area contributed by atoms with Crippen LogP contribution in [0.25, 0.3) is 0 Å². The minimum absolute atomic E-state index is 0.534. The highest BCUT2D eigenvalue weighted by molar-refractivity contribution is 7.84. The first-order valence-electron chi connectivity index (χ1n) is 3.09. The lowest BCUT2D eigenvalue weighted by molar-refractivity contribution is -0.134. The second kappa shape index (κ2) is 8.62. The van der Waals surface area contributed by atoms with E-state index >= 15 is 0 Å². The van der Waals surface area contributed by atoms with E-state index in [0.29, 0.717) is 0 Å². The average Bonchev–Trinajstić information content (AvgIpc) is 1.85. The minimum atomic E-state index is -0.833. The summed E-state index contributed by atoms with van der Waals surface area (Å²) >= 11 is 0. The van der Waals surface area contributed by atoms with Gasteiger partial charge in [-0.05, 0) is 0 Å². The van der Waals surface area contributed by atoms with E-state index in [2.05, 4.69) is 0 Å². The molecule has 0 rings (SSSR count). The molecule has 0 aliphatic carbocycles. The van der Waals surface area contributed by atoms with Crippen molar-refractivity contribution in [2.24, 2.45) is 0 Å². The number of carboxylic acid groups (broad SMARTS) is 1. The lowest BCUT2D eigenvalue weighted by Crippen LogP contribution is -1.93. The van der Waals surface area contributed by atoms with E-state index in [-0.39, 0.29) is 0 Å². The molecule has 0 spiro atoms. The van der Waals surface area contributed by atoms with Gasteiger partial charge >= 0.3 is 0 Å². The van der Waals surface area contributed by atoms with Crippen LogP contribution in [0.4, 0.5) is 0 Å². The topological polar surface area (TPSA) is 54.4 Å². The summed E-state index contributed by atoms with van der Waals surface area (Å²) in [6.07, 6.45) is 0. The molecule has 0 atom stereocenters. The number of hydrogen-bond donors (Lipinski definition) is 1. The van der Waals surface area contributed by atoms with Crippen LogP contribution in [-0.4, -0.2) is 26.8 Å². The molecule has 0 aliphatic heterocycles. The number of carboxylic acids is 1. The SMILES string of the molecule is CC(=O)O.CCS(=O)CC. The van der Waals surface area contributed by atoms with Gasteiger partial charge in [0.05, 0.1) is 0 Å². The highest BCUT2D eigenvalue weighted by atomic mass is 32.2. The quantitative estimate of drug-likeness (QED) is 0.662. The van der Waals surface area contributed by atoms with Crippen molar-refractivity contribution in [2.75, 3.05) is 11.5 Å². The van der Waals surface area contributed by atoms with Crippen molar-refractivity contribution in [3.63, 3.8) is 0 Å². The van der Waals surface area contributed by atoms with Crippen molar-refractivity contribution >= 4 is 16.8 Å². The lowest BCUT2D eigenvalue weighted by Gasteiger charge is -1.84. The van der Waals surface area contributed by atoms with Gasteiger partial charge in [0.15, 0.2) is 0 Å². The molecule has 0 aliphatic rings. The smallest absolute Gasteiger partial charge is 0.300 e. The molecule has 0 amide bonds. The van der Waals surface area contributed by atoms with E-state index in [1.165, 1.54) is 0 Å². The second-order valence-corrected chi connectivity index (χ2v) is 3.57. The Morgan fingerprint density at radius 3 is 1.60 bits per heavy atom. The fraction of sp³-hybridized carbons (Fsp3) is 0.833. The van der Waals surface area contributed by atoms with Gasteiger partial charge in [-0.25, -0.2) is 0 Å². The van der Waals surface area contributed by atoms with E-state index in [1.807, 2.05) is 13.8 Å². The third-order valence-electron chi connectivity index (χ3n) is 0.644. The van der Waals surface area contributed by atoms with E-state index in [0.717, 1.165) is 18.4 Å². The Hall–Kier alpha value is -0.380. The van der Waals surface area contributed by atoms with Crippen molar-refractivity contribution in [1.29, 1.82) is 0 Å². The van der Waals surface area contributed by atoms with Crippen LogP contribution in [0.5, 0.6) is 0 Å². The van der Waals surface area contributed by atoms with Gasteiger partial charge in [-0.2, -0.15) is 0 Å². The molecule has 0 fully saturated rings. The normalized spacial score (nSPS) is 8.40. The Morgan fingerprint density at radius 2 is 1.60 bits per heavy atom. The molecule has 0 aromatic carbocycles. The highest BCUT2D eigenvalue weighted by Gasteiger charge is 1.83. The van der Waals surface area contributed by atoms with Crippen molar-refractivity contribution in [3.8, 4) is 0 Å². The van der Waals surface area contributed by atoms with E-state index in [9.17, 15) is 4.21 Å². The van der Waals surface area contributed by atoms with Crippen LogP contribution in [-0.2, 0) is 15.6 Å². The van der Waals surface area contributed by atoms with Gasteiger partial charge in [-0.15, -0.1) is 0 Å². The van der Waals surface area contributed by atoms with Crippen LogP contribution >= 0.6 is 0 Å². The van der Waals surface area contributed by atoms with Gasteiger partial charge in [0, 0.05) is 29.2 Å². The number of rotatable bonds is 2. The standard InChI is InChI=1S/C4H10OS.C2H4O2/c1-3-6(5)4-2;1-2(3)4/h3-4H2,1-2H3;1H3,(H,3,4). The predicted molar refractivity (Wildman–Crippen MR) is 42.5 cm³/mol. The molecule has 0 unspecified atom stereocenters. The Bertz CT molecular complexity index is 102. The van der Waals surface area contributed by atoms with Crippen LogP contribution in [0.3, 0.4) is 0 Å². The van der Waals surface area contributed by atoms with Crippen molar-refractivity contribution in [2.45, 2.75) is 20.8 Å². The van der Waals surface area contributed by atoms with E-state index in [4.69, 9.17) is 9.90 Å². The molecule has 0 saturated heterocycles. The second-order valence-electron chi connectivity index (χ2n) is 1.54. The maximum Gasteiger partial charge on any atom is 0.300 e. The summed E-state index contributed by atoms with van der Waals surface area (Å²) in [5.74, 6) is 0.771. The average molecular weight is 166 g/mol. The Balaban J connectivity index is 0. The highest BCUT2D eigenvalue weighted by Crippen LogP contribution is 1.75. The van der Waals surface area contributed by atoms with Crippen molar-refractivity contribution < 1.29 is 14.1 Å². The molecule has 10 heavy (non-hydrogen) atoms. The van der Waals surface area contributed by atoms with Gasteiger partial charge in [-0.3, -0.25) is 9.00 Å². The molecular weight excluding hydrogens is 152 g/mol.